The van der Waals surface area contributed by atoms with Gasteiger partial charge in [-0.05, 0) is 24.6 Å². The fraction of sp³-hybridized carbons (Fsp3) is 0.429. The molecule has 1 heterocycles. The molecule has 0 saturated carbocycles. The first-order chi connectivity index (χ1) is 9.17. The summed E-state index contributed by atoms with van der Waals surface area (Å²) in [5.74, 6) is -1.06. The Morgan fingerprint density at radius 2 is 2.05 bits per heavy atom. The first kappa shape index (κ1) is 13.5. The van der Waals surface area contributed by atoms with Gasteiger partial charge in [0.2, 0.25) is 0 Å². The van der Waals surface area contributed by atoms with Crippen molar-refractivity contribution >= 4 is 23.1 Å². The Balaban J connectivity index is 2.23. The molecular weight excluding hydrogens is 244 g/mol. The van der Waals surface area contributed by atoms with Crippen LogP contribution in [0.2, 0.25) is 0 Å². The van der Waals surface area contributed by atoms with Crippen LogP contribution >= 0.6 is 0 Å². The molecule has 1 aliphatic heterocycles. The number of nitrogens with one attached hydrogen (secondary N) is 1. The number of carbonyl (C=O) groups is 2. The predicted octanol–water partition coefficient (Wildman–Crippen LogP) is 1.42. The molecule has 1 aromatic rings. The fourth-order valence-electron chi connectivity index (χ4n) is 2.17. The van der Waals surface area contributed by atoms with Gasteiger partial charge in [0.15, 0.2) is 0 Å². The lowest BCUT2D eigenvalue weighted by atomic mass is 10.1. The molecule has 1 aliphatic rings. The second kappa shape index (κ2) is 5.84. The molecule has 0 radical (unpaired) electrons. The maximum Gasteiger partial charge on any atom is 0.296 e. The van der Waals surface area contributed by atoms with E-state index in [1.54, 1.807) is 12.1 Å². The van der Waals surface area contributed by atoms with E-state index in [2.05, 4.69) is 17.1 Å². The highest BCUT2D eigenvalue weighted by Gasteiger charge is 2.28. The van der Waals surface area contributed by atoms with Gasteiger partial charge < -0.3 is 15.3 Å². The van der Waals surface area contributed by atoms with Gasteiger partial charge in [-0.15, -0.1) is 0 Å². The monoisotopic (exact) mass is 262 g/mol. The Hall–Kier alpha value is -1.88. The number of anilines is 2. The third kappa shape index (κ3) is 2.76. The molecule has 1 amide bonds. The first-order valence-electron chi connectivity index (χ1n) is 6.53. The summed E-state index contributed by atoms with van der Waals surface area (Å²) in [7, 11) is 0. The van der Waals surface area contributed by atoms with Crippen molar-refractivity contribution in [1.82, 2.24) is 0 Å². The number of nitrogens with zero attached hydrogens (tertiary/aromatic N) is 1. The average molecular weight is 262 g/mol. The highest BCUT2D eigenvalue weighted by atomic mass is 16.3. The summed E-state index contributed by atoms with van der Waals surface area (Å²) < 4.78 is 0. The summed E-state index contributed by atoms with van der Waals surface area (Å²) in [5, 5.41) is 11.7. The normalized spacial score (nSPS) is 13.4. The van der Waals surface area contributed by atoms with Crippen LogP contribution in [0.3, 0.4) is 0 Å². The predicted molar refractivity (Wildman–Crippen MR) is 73.6 cm³/mol. The van der Waals surface area contributed by atoms with Crippen molar-refractivity contribution in [3.05, 3.63) is 23.8 Å². The van der Waals surface area contributed by atoms with Crippen molar-refractivity contribution in [2.75, 3.05) is 29.9 Å². The lowest BCUT2D eigenvalue weighted by Gasteiger charge is -2.24. The highest BCUT2D eigenvalue weighted by molar-refractivity contribution is 6.51. The Labute approximate surface area is 112 Å². The number of aliphatic hydroxyl groups excluding tert-OH is 1. The number of hydrogen-bond acceptors (Lipinski definition) is 4. The third-order valence-electron chi connectivity index (χ3n) is 3.22. The zero-order valence-electron chi connectivity index (χ0n) is 11.0. The molecule has 102 valence electrons. The van der Waals surface area contributed by atoms with Crippen LogP contribution in [0.25, 0.3) is 0 Å². The van der Waals surface area contributed by atoms with Crippen LogP contribution in [0.15, 0.2) is 18.2 Å². The van der Waals surface area contributed by atoms with Crippen molar-refractivity contribution < 1.29 is 14.7 Å². The molecule has 5 heteroatoms. The van der Waals surface area contributed by atoms with E-state index in [0.717, 1.165) is 25.1 Å². The number of ketones is 1. The topological polar surface area (TPSA) is 69.6 Å². The van der Waals surface area contributed by atoms with Gasteiger partial charge in [0.05, 0.1) is 17.9 Å². The van der Waals surface area contributed by atoms with Crippen molar-refractivity contribution in [2.45, 2.75) is 19.8 Å². The molecule has 0 bridgehead atoms. The van der Waals surface area contributed by atoms with Crippen molar-refractivity contribution in [1.29, 1.82) is 0 Å². The largest absolute Gasteiger partial charge is 0.395 e. The molecule has 19 heavy (non-hydrogen) atoms. The molecule has 5 nitrogen and oxygen atoms in total. The van der Waals surface area contributed by atoms with Crippen LogP contribution in [0, 0.1) is 0 Å². The van der Waals surface area contributed by atoms with Gasteiger partial charge in [0.1, 0.15) is 0 Å². The van der Waals surface area contributed by atoms with Crippen molar-refractivity contribution in [3.8, 4) is 0 Å². The van der Waals surface area contributed by atoms with Gasteiger partial charge in [0, 0.05) is 18.8 Å². The maximum atomic E-state index is 11.5. The number of hydrogen-bond donors (Lipinski definition) is 2. The molecule has 1 aromatic carbocycles. The number of unbranched alkanes of at least 4 members (excludes halogenated alkanes) is 1. The Bertz CT molecular complexity index is 499. The Morgan fingerprint density at radius 1 is 1.26 bits per heavy atom. The quantitative estimate of drug-likeness (QED) is 0.761. The second-order valence-electron chi connectivity index (χ2n) is 4.58. The number of amides is 1. The maximum absolute atomic E-state index is 11.5. The van der Waals surface area contributed by atoms with Gasteiger partial charge in [-0.2, -0.15) is 0 Å². The minimum Gasteiger partial charge on any atom is -0.395 e. The first-order valence-corrected chi connectivity index (χ1v) is 6.53. The Morgan fingerprint density at radius 3 is 2.74 bits per heavy atom. The number of carbonyl (C=O) groups excluding carboxylic acids is 2. The zero-order chi connectivity index (χ0) is 13.8. The summed E-state index contributed by atoms with van der Waals surface area (Å²) in [6, 6.07) is 5.28. The van der Waals surface area contributed by atoms with E-state index in [1.165, 1.54) is 0 Å². The van der Waals surface area contributed by atoms with E-state index >= 15 is 0 Å². The molecule has 2 N–H and O–H groups in total. The summed E-state index contributed by atoms with van der Waals surface area (Å²) in [4.78, 5) is 24.9. The van der Waals surface area contributed by atoms with E-state index in [9.17, 15) is 9.59 Å². The molecule has 0 atom stereocenters. The van der Waals surface area contributed by atoms with Crippen LogP contribution in [0.4, 0.5) is 11.4 Å². The van der Waals surface area contributed by atoms with Gasteiger partial charge >= 0.3 is 0 Å². The molecule has 0 aromatic heterocycles. The average Bonchev–Trinajstić information content (AvgIpc) is 2.69. The number of benzene rings is 1. The summed E-state index contributed by atoms with van der Waals surface area (Å²) >= 11 is 0. The minimum absolute atomic E-state index is 0.0755. The van der Waals surface area contributed by atoms with Gasteiger partial charge in [-0.3, -0.25) is 9.59 Å². The molecule has 0 fully saturated rings. The third-order valence-corrected chi connectivity index (χ3v) is 3.22. The summed E-state index contributed by atoms with van der Waals surface area (Å²) in [6.07, 6.45) is 2.10. The lowest BCUT2D eigenvalue weighted by Crippen LogP contribution is -2.27. The van der Waals surface area contributed by atoms with E-state index < -0.39 is 11.7 Å². The molecule has 0 unspecified atom stereocenters. The highest BCUT2D eigenvalue weighted by Crippen LogP contribution is 2.28. The minimum atomic E-state index is -0.575. The zero-order valence-corrected chi connectivity index (χ0v) is 11.0. The van der Waals surface area contributed by atoms with Crippen LogP contribution in [0.1, 0.15) is 30.1 Å². The van der Waals surface area contributed by atoms with Crippen molar-refractivity contribution in [3.63, 3.8) is 0 Å². The lowest BCUT2D eigenvalue weighted by molar-refractivity contribution is -0.112. The van der Waals surface area contributed by atoms with E-state index in [0.29, 0.717) is 17.8 Å². The number of Topliss-reactive ketones (excluding diaryl/α,β-unsaturated/α-hetero) is 1. The smallest absolute Gasteiger partial charge is 0.296 e. The number of aliphatic hydroxyl groups is 1. The van der Waals surface area contributed by atoms with Crippen LogP contribution in [0.5, 0.6) is 0 Å². The number of fused-ring (bicyclic) bond motifs is 1. The van der Waals surface area contributed by atoms with Crippen LogP contribution < -0.4 is 10.2 Å². The Kier molecular flexibility index (Phi) is 4.16. The number of rotatable bonds is 6. The summed E-state index contributed by atoms with van der Waals surface area (Å²) in [5.41, 5.74) is 1.90. The molecular formula is C14H18N2O3. The van der Waals surface area contributed by atoms with E-state index in [4.69, 9.17) is 5.11 Å². The molecule has 0 aliphatic carbocycles. The van der Waals surface area contributed by atoms with Gasteiger partial charge in [-0.25, -0.2) is 0 Å². The van der Waals surface area contributed by atoms with Crippen molar-refractivity contribution in [2.24, 2.45) is 0 Å². The fourth-order valence-corrected chi connectivity index (χ4v) is 2.17. The van der Waals surface area contributed by atoms with Gasteiger partial charge in [-0.1, -0.05) is 13.3 Å². The van der Waals surface area contributed by atoms with E-state index in [1.807, 2.05) is 6.07 Å². The second-order valence-corrected chi connectivity index (χ2v) is 4.58. The summed E-state index contributed by atoms with van der Waals surface area (Å²) in [6.45, 7) is 3.57. The molecule has 0 spiro atoms. The van der Waals surface area contributed by atoms with Crippen LogP contribution in [-0.2, 0) is 4.79 Å². The van der Waals surface area contributed by atoms with Gasteiger partial charge in [0.25, 0.3) is 11.7 Å². The van der Waals surface area contributed by atoms with E-state index in [-0.39, 0.29) is 6.61 Å². The standard InChI is InChI=1S/C14H18N2O3/c1-2-3-6-16(7-8-17)10-4-5-11-12(9-10)15-14(19)13(11)18/h4-5,9,17H,2-3,6-8H2,1H3,(H,15,18,19). The SMILES string of the molecule is CCCCN(CCO)c1ccc2c(c1)NC(=O)C2=O. The molecule has 0 saturated heterocycles. The molecule has 2 rings (SSSR count). The van der Waals surface area contributed by atoms with Crippen LogP contribution in [-0.4, -0.2) is 36.5 Å².